The van der Waals surface area contributed by atoms with Crippen molar-refractivity contribution in [3.05, 3.63) is 5.89 Å². The van der Waals surface area contributed by atoms with Crippen molar-refractivity contribution in [1.29, 1.82) is 0 Å². The predicted molar refractivity (Wildman–Crippen MR) is 55.3 cm³/mol. The van der Waals surface area contributed by atoms with Gasteiger partial charge in [0.05, 0.1) is 6.54 Å². The van der Waals surface area contributed by atoms with Crippen LogP contribution >= 0.6 is 0 Å². The van der Waals surface area contributed by atoms with E-state index in [0.29, 0.717) is 24.5 Å². The summed E-state index contributed by atoms with van der Waals surface area (Å²) in [4.78, 5) is 2.27. The molecule has 5 heteroatoms. The molecule has 5 nitrogen and oxygen atoms in total. The minimum Gasteiger partial charge on any atom is -0.407 e. The molecular formula is C10H16N4O. The number of nitrogens with two attached hydrogens (primary N) is 1. The smallest absolute Gasteiger partial charge is 0.318 e. The topological polar surface area (TPSA) is 68.2 Å². The van der Waals surface area contributed by atoms with E-state index in [0.717, 1.165) is 12.5 Å². The van der Waals surface area contributed by atoms with Crippen LogP contribution < -0.4 is 10.6 Å². The van der Waals surface area contributed by atoms with Gasteiger partial charge in [0.1, 0.15) is 0 Å². The van der Waals surface area contributed by atoms with Crippen LogP contribution in [-0.2, 0) is 6.54 Å². The van der Waals surface area contributed by atoms with Crippen molar-refractivity contribution in [1.82, 2.24) is 10.2 Å². The van der Waals surface area contributed by atoms with Crippen LogP contribution in [0.25, 0.3) is 0 Å². The van der Waals surface area contributed by atoms with Crippen molar-refractivity contribution in [3.8, 4) is 0 Å². The third-order valence-electron chi connectivity index (χ3n) is 3.02. The van der Waals surface area contributed by atoms with Gasteiger partial charge >= 0.3 is 6.01 Å². The highest BCUT2D eigenvalue weighted by Gasteiger charge is 2.36. The number of nitrogens with zero attached hydrogens (tertiary/aromatic N) is 3. The predicted octanol–water partition coefficient (Wildman–Crippen LogP) is 0.907. The van der Waals surface area contributed by atoms with E-state index in [2.05, 4.69) is 15.1 Å². The number of hydrogen-bond donors (Lipinski definition) is 1. The van der Waals surface area contributed by atoms with E-state index < -0.39 is 0 Å². The molecule has 1 heterocycles. The minimum absolute atomic E-state index is 0.328. The largest absolute Gasteiger partial charge is 0.407 e. The summed E-state index contributed by atoms with van der Waals surface area (Å²) in [5, 5.41) is 7.97. The third kappa shape index (κ3) is 1.97. The van der Waals surface area contributed by atoms with Gasteiger partial charge in [-0.25, -0.2) is 0 Å². The van der Waals surface area contributed by atoms with Crippen LogP contribution in [-0.4, -0.2) is 22.8 Å². The summed E-state index contributed by atoms with van der Waals surface area (Å²) in [6.45, 7) is 1.41. The Bertz CT molecular complexity index is 343. The molecule has 0 unspecified atom stereocenters. The second-order valence-corrected chi connectivity index (χ2v) is 4.51. The van der Waals surface area contributed by atoms with Crippen LogP contribution in [0.1, 0.15) is 31.6 Å². The first-order chi connectivity index (χ1) is 7.36. The Morgan fingerprint density at radius 2 is 2.07 bits per heavy atom. The maximum Gasteiger partial charge on any atom is 0.318 e. The fraction of sp³-hybridized carbons (Fsp3) is 0.800. The van der Waals surface area contributed by atoms with Gasteiger partial charge in [-0.05, 0) is 31.6 Å². The molecule has 3 rings (SSSR count). The highest BCUT2D eigenvalue weighted by molar-refractivity contribution is 5.30. The van der Waals surface area contributed by atoms with Crippen LogP contribution in [0.5, 0.6) is 0 Å². The Morgan fingerprint density at radius 3 is 2.60 bits per heavy atom. The van der Waals surface area contributed by atoms with Gasteiger partial charge in [0.25, 0.3) is 0 Å². The van der Waals surface area contributed by atoms with Crippen molar-refractivity contribution in [2.75, 3.05) is 11.4 Å². The highest BCUT2D eigenvalue weighted by Crippen LogP contribution is 2.37. The number of aromatic nitrogens is 2. The van der Waals surface area contributed by atoms with E-state index in [4.69, 9.17) is 10.2 Å². The molecule has 1 aromatic rings. The van der Waals surface area contributed by atoms with E-state index in [1.165, 1.54) is 25.7 Å². The normalized spacial score (nSPS) is 20.6. The van der Waals surface area contributed by atoms with Crippen LogP contribution in [0, 0.1) is 5.92 Å². The summed E-state index contributed by atoms with van der Waals surface area (Å²) in [6.07, 6.45) is 5.21. The van der Waals surface area contributed by atoms with Crippen LogP contribution in [0.15, 0.2) is 4.42 Å². The Hall–Kier alpha value is -1.10. The standard InChI is InChI=1S/C10H16N4O/c11-5-9-12-13-10(15-9)14(8-3-4-8)6-7-1-2-7/h7-8H,1-6,11H2. The SMILES string of the molecule is NCc1nnc(N(CC2CC2)C2CC2)o1. The molecule has 0 saturated heterocycles. The zero-order valence-corrected chi connectivity index (χ0v) is 8.72. The molecule has 0 aromatic carbocycles. The first-order valence-corrected chi connectivity index (χ1v) is 5.66. The monoisotopic (exact) mass is 208 g/mol. The number of hydrogen-bond acceptors (Lipinski definition) is 5. The van der Waals surface area contributed by atoms with Crippen LogP contribution in [0.4, 0.5) is 6.01 Å². The van der Waals surface area contributed by atoms with Gasteiger partial charge in [-0.15, -0.1) is 5.10 Å². The first-order valence-electron chi connectivity index (χ1n) is 5.66. The van der Waals surface area contributed by atoms with Gasteiger partial charge in [-0.2, -0.15) is 0 Å². The van der Waals surface area contributed by atoms with Crippen molar-refractivity contribution >= 4 is 6.01 Å². The molecule has 82 valence electrons. The maximum atomic E-state index is 5.50. The summed E-state index contributed by atoms with van der Waals surface area (Å²) in [6, 6.07) is 1.31. The van der Waals surface area contributed by atoms with Crippen molar-refractivity contribution in [2.24, 2.45) is 11.7 Å². The average Bonchev–Trinajstić information content (AvgIpc) is 3.14. The van der Waals surface area contributed by atoms with E-state index in [-0.39, 0.29) is 0 Å². The lowest BCUT2D eigenvalue weighted by Crippen LogP contribution is -2.28. The van der Waals surface area contributed by atoms with Gasteiger partial charge in [0.15, 0.2) is 0 Å². The second kappa shape index (κ2) is 3.48. The molecule has 0 aliphatic heterocycles. The Morgan fingerprint density at radius 1 is 1.27 bits per heavy atom. The molecule has 0 amide bonds. The van der Waals surface area contributed by atoms with Crippen molar-refractivity contribution in [2.45, 2.75) is 38.3 Å². The Labute approximate surface area is 88.6 Å². The van der Waals surface area contributed by atoms with E-state index in [1.54, 1.807) is 0 Å². The molecule has 2 fully saturated rings. The average molecular weight is 208 g/mol. The van der Waals surface area contributed by atoms with Crippen molar-refractivity contribution < 1.29 is 4.42 Å². The summed E-state index contributed by atoms with van der Waals surface area (Å²) >= 11 is 0. The fourth-order valence-electron chi connectivity index (χ4n) is 1.79. The van der Waals surface area contributed by atoms with E-state index in [1.807, 2.05) is 0 Å². The quantitative estimate of drug-likeness (QED) is 0.778. The van der Waals surface area contributed by atoms with Gasteiger partial charge in [-0.3, -0.25) is 0 Å². The zero-order chi connectivity index (χ0) is 10.3. The molecule has 2 saturated carbocycles. The lowest BCUT2D eigenvalue weighted by atomic mass is 10.4. The summed E-state index contributed by atoms with van der Waals surface area (Å²) in [7, 11) is 0. The minimum atomic E-state index is 0.328. The third-order valence-corrected chi connectivity index (χ3v) is 3.02. The molecule has 2 aliphatic rings. The van der Waals surface area contributed by atoms with Gasteiger partial charge < -0.3 is 15.1 Å². The molecular weight excluding hydrogens is 192 g/mol. The second-order valence-electron chi connectivity index (χ2n) is 4.51. The van der Waals surface area contributed by atoms with Gasteiger partial charge in [0, 0.05) is 12.6 Å². The number of anilines is 1. The summed E-state index contributed by atoms with van der Waals surface area (Å²) in [5.41, 5.74) is 5.45. The molecule has 0 atom stereocenters. The Balaban J connectivity index is 1.74. The molecule has 2 N–H and O–H groups in total. The maximum absolute atomic E-state index is 5.50. The molecule has 1 aromatic heterocycles. The van der Waals surface area contributed by atoms with Crippen LogP contribution in [0.2, 0.25) is 0 Å². The fourth-order valence-corrected chi connectivity index (χ4v) is 1.79. The molecule has 2 aliphatic carbocycles. The molecule has 0 spiro atoms. The van der Waals surface area contributed by atoms with Crippen molar-refractivity contribution in [3.63, 3.8) is 0 Å². The first kappa shape index (κ1) is 9.15. The van der Waals surface area contributed by atoms with Gasteiger partial charge in [0.2, 0.25) is 5.89 Å². The highest BCUT2D eigenvalue weighted by atomic mass is 16.4. The molecule has 15 heavy (non-hydrogen) atoms. The molecule has 0 radical (unpaired) electrons. The van der Waals surface area contributed by atoms with E-state index >= 15 is 0 Å². The van der Waals surface area contributed by atoms with E-state index in [9.17, 15) is 0 Å². The van der Waals surface area contributed by atoms with Gasteiger partial charge in [-0.1, -0.05) is 5.10 Å². The summed E-state index contributed by atoms with van der Waals surface area (Å²) < 4.78 is 5.50. The summed E-state index contributed by atoms with van der Waals surface area (Å²) in [5.74, 6) is 1.38. The lowest BCUT2D eigenvalue weighted by Gasteiger charge is -2.18. The number of rotatable bonds is 5. The zero-order valence-electron chi connectivity index (χ0n) is 8.72. The lowest BCUT2D eigenvalue weighted by molar-refractivity contribution is 0.479. The van der Waals surface area contributed by atoms with Crippen LogP contribution in [0.3, 0.4) is 0 Å². The Kier molecular flexibility index (Phi) is 2.12. The molecule has 0 bridgehead atoms.